The molecule has 0 radical (unpaired) electrons. The van der Waals surface area contributed by atoms with Crippen LogP contribution in [0.3, 0.4) is 0 Å². The van der Waals surface area contributed by atoms with Crippen molar-refractivity contribution < 1.29 is 19.8 Å². The number of carbonyl (C=O) groups is 2. The highest BCUT2D eigenvalue weighted by Gasteiger charge is 1.95. The van der Waals surface area contributed by atoms with E-state index in [9.17, 15) is 4.79 Å². The van der Waals surface area contributed by atoms with Crippen molar-refractivity contribution in [3.05, 3.63) is 34.9 Å². The van der Waals surface area contributed by atoms with E-state index in [1.54, 1.807) is 0 Å². The second-order valence-corrected chi connectivity index (χ2v) is 5.91. The van der Waals surface area contributed by atoms with E-state index >= 15 is 0 Å². The van der Waals surface area contributed by atoms with Gasteiger partial charge >= 0.3 is 5.97 Å². The lowest BCUT2D eigenvalue weighted by atomic mass is 10.1. The molecule has 0 aromatic rings. The molecule has 4 nitrogen and oxygen atoms in total. The van der Waals surface area contributed by atoms with Crippen LogP contribution in [0, 0.1) is 0 Å². The molecular formula is C19H32O4. The number of hydrogen-bond donors (Lipinski definition) is 2. The van der Waals surface area contributed by atoms with Crippen molar-refractivity contribution in [2.45, 2.75) is 73.1 Å². The summed E-state index contributed by atoms with van der Waals surface area (Å²) in [5.41, 5.74) is 4.11. The van der Waals surface area contributed by atoms with Crippen LogP contribution in [-0.2, 0) is 9.59 Å². The monoisotopic (exact) mass is 324 g/mol. The Morgan fingerprint density at radius 3 is 1.39 bits per heavy atom. The van der Waals surface area contributed by atoms with Gasteiger partial charge in [-0.15, -0.1) is 0 Å². The maximum atomic E-state index is 10.4. The fourth-order valence-electron chi connectivity index (χ4n) is 1.78. The van der Waals surface area contributed by atoms with E-state index in [4.69, 9.17) is 15.0 Å². The molecule has 0 fully saturated rings. The van der Waals surface area contributed by atoms with Crippen LogP contribution in [0.25, 0.3) is 0 Å². The van der Waals surface area contributed by atoms with Gasteiger partial charge in [-0.05, 0) is 59.8 Å². The third kappa shape index (κ3) is 25.5. The summed E-state index contributed by atoms with van der Waals surface area (Å²) in [5.74, 6) is -1.56. The quantitative estimate of drug-likeness (QED) is 0.560. The maximum Gasteiger partial charge on any atom is 0.303 e. The van der Waals surface area contributed by atoms with Gasteiger partial charge in [-0.1, -0.05) is 34.9 Å². The molecule has 0 saturated carbocycles. The third-order valence-electron chi connectivity index (χ3n) is 2.97. The van der Waals surface area contributed by atoms with Gasteiger partial charge in [0.25, 0.3) is 5.97 Å². The van der Waals surface area contributed by atoms with Crippen LogP contribution in [0.15, 0.2) is 34.9 Å². The van der Waals surface area contributed by atoms with E-state index in [0.717, 1.165) is 32.6 Å². The van der Waals surface area contributed by atoms with Crippen LogP contribution in [0.4, 0.5) is 0 Å². The van der Waals surface area contributed by atoms with Gasteiger partial charge in [0.1, 0.15) is 0 Å². The zero-order valence-electron chi connectivity index (χ0n) is 15.2. The minimum atomic E-state index is -0.833. The average molecular weight is 324 g/mol. The van der Waals surface area contributed by atoms with E-state index in [0.29, 0.717) is 6.42 Å². The van der Waals surface area contributed by atoms with Gasteiger partial charge in [0.05, 0.1) is 0 Å². The Kier molecular flexibility index (Phi) is 15.4. The minimum absolute atomic E-state index is 0.231. The third-order valence-corrected chi connectivity index (χ3v) is 2.97. The van der Waals surface area contributed by atoms with Crippen molar-refractivity contribution in [1.82, 2.24) is 0 Å². The van der Waals surface area contributed by atoms with Gasteiger partial charge in [0, 0.05) is 13.3 Å². The van der Waals surface area contributed by atoms with Crippen LogP contribution < -0.4 is 0 Å². The molecule has 0 rings (SSSR count). The molecule has 132 valence electrons. The Hall–Kier alpha value is -1.84. The largest absolute Gasteiger partial charge is 0.481 e. The highest BCUT2D eigenvalue weighted by molar-refractivity contribution is 5.66. The number of rotatable bonds is 9. The summed E-state index contributed by atoms with van der Waals surface area (Å²) < 4.78 is 0. The Morgan fingerprint density at radius 1 is 0.696 bits per heavy atom. The number of allylic oxidation sites excluding steroid dienone is 6. The standard InChI is InChI=1S/C17H28O2.C2H4O2/c1-14(2)8-5-9-15(3)10-6-11-16(4)12-7-13-17(18)19;1-2(3)4/h8,10,12H,5-7,9,11,13H2,1-4H3,(H,18,19);1H3,(H,3,4)/b15-10+,16-12+;. The molecule has 0 aromatic heterocycles. The van der Waals surface area contributed by atoms with Crippen LogP contribution in [0.5, 0.6) is 0 Å². The number of carboxylic acid groups (broad SMARTS) is 2. The molecule has 0 heterocycles. The molecule has 0 aliphatic rings. The van der Waals surface area contributed by atoms with E-state index in [1.807, 2.05) is 6.08 Å². The van der Waals surface area contributed by atoms with Gasteiger partial charge < -0.3 is 10.2 Å². The molecule has 4 heteroatoms. The maximum absolute atomic E-state index is 10.4. The van der Waals surface area contributed by atoms with Crippen molar-refractivity contribution in [1.29, 1.82) is 0 Å². The van der Waals surface area contributed by atoms with Gasteiger partial charge in [-0.2, -0.15) is 0 Å². The van der Waals surface area contributed by atoms with E-state index in [1.165, 1.54) is 16.7 Å². The average Bonchev–Trinajstić information content (AvgIpc) is 2.37. The zero-order chi connectivity index (χ0) is 18.3. The van der Waals surface area contributed by atoms with Gasteiger partial charge in [-0.25, -0.2) is 0 Å². The molecular weight excluding hydrogens is 292 g/mol. The van der Waals surface area contributed by atoms with E-state index in [-0.39, 0.29) is 6.42 Å². The van der Waals surface area contributed by atoms with Crippen LogP contribution in [-0.4, -0.2) is 22.2 Å². The normalized spacial score (nSPS) is 11.3. The number of carboxylic acids is 2. The smallest absolute Gasteiger partial charge is 0.303 e. The molecule has 0 spiro atoms. The molecule has 0 aromatic carbocycles. The molecule has 0 saturated heterocycles. The molecule has 0 unspecified atom stereocenters. The summed E-state index contributed by atoms with van der Waals surface area (Å²) in [6, 6.07) is 0. The van der Waals surface area contributed by atoms with Gasteiger partial charge in [0.15, 0.2) is 0 Å². The molecule has 2 N–H and O–H groups in total. The van der Waals surface area contributed by atoms with Crippen molar-refractivity contribution in [3.8, 4) is 0 Å². The first-order chi connectivity index (χ1) is 10.6. The lowest BCUT2D eigenvalue weighted by Gasteiger charge is -2.01. The molecule has 0 bridgehead atoms. The zero-order valence-corrected chi connectivity index (χ0v) is 15.2. The summed E-state index contributed by atoms with van der Waals surface area (Å²) in [5, 5.41) is 16.0. The van der Waals surface area contributed by atoms with Gasteiger partial charge in [-0.3, -0.25) is 9.59 Å². The summed E-state index contributed by atoms with van der Waals surface area (Å²) in [7, 11) is 0. The highest BCUT2D eigenvalue weighted by atomic mass is 16.4. The molecule has 0 amide bonds. The number of hydrogen-bond acceptors (Lipinski definition) is 2. The Morgan fingerprint density at radius 2 is 1.04 bits per heavy atom. The highest BCUT2D eigenvalue weighted by Crippen LogP contribution is 2.12. The van der Waals surface area contributed by atoms with Crippen LogP contribution in [0.2, 0.25) is 0 Å². The minimum Gasteiger partial charge on any atom is -0.481 e. The Bertz CT molecular complexity index is 434. The van der Waals surface area contributed by atoms with Gasteiger partial charge in [0.2, 0.25) is 0 Å². The van der Waals surface area contributed by atoms with Crippen molar-refractivity contribution in [2.24, 2.45) is 0 Å². The fraction of sp³-hybridized carbons (Fsp3) is 0.579. The fourth-order valence-corrected chi connectivity index (χ4v) is 1.78. The first kappa shape index (κ1) is 23.4. The second-order valence-electron chi connectivity index (χ2n) is 5.91. The van der Waals surface area contributed by atoms with Crippen molar-refractivity contribution >= 4 is 11.9 Å². The summed E-state index contributed by atoms with van der Waals surface area (Å²) in [4.78, 5) is 19.4. The van der Waals surface area contributed by atoms with Crippen LogP contribution in [0.1, 0.15) is 73.1 Å². The topological polar surface area (TPSA) is 74.6 Å². The molecule has 0 atom stereocenters. The summed E-state index contributed by atoms with van der Waals surface area (Å²) in [6.45, 7) is 9.60. The first-order valence-electron chi connectivity index (χ1n) is 8.01. The lowest BCUT2D eigenvalue weighted by molar-refractivity contribution is -0.137. The van der Waals surface area contributed by atoms with E-state index < -0.39 is 11.9 Å². The Balaban J connectivity index is 0. The number of aliphatic carboxylic acids is 2. The summed E-state index contributed by atoms with van der Waals surface area (Å²) in [6.07, 6.45) is 11.8. The first-order valence-corrected chi connectivity index (χ1v) is 8.01. The molecule has 0 aliphatic heterocycles. The predicted octanol–water partition coefficient (Wildman–Crippen LogP) is 5.36. The van der Waals surface area contributed by atoms with Crippen LogP contribution >= 0.6 is 0 Å². The predicted molar refractivity (Wildman–Crippen MR) is 95.6 cm³/mol. The SMILES string of the molecule is CC(=O)O.CC(C)=CCC/C(C)=C/CC/C(C)=C/CCC(=O)O. The van der Waals surface area contributed by atoms with E-state index in [2.05, 4.69) is 39.8 Å². The second kappa shape index (κ2) is 15.1. The van der Waals surface area contributed by atoms with Crippen molar-refractivity contribution in [2.75, 3.05) is 0 Å². The summed E-state index contributed by atoms with van der Waals surface area (Å²) >= 11 is 0. The molecule has 0 aliphatic carbocycles. The van der Waals surface area contributed by atoms with Crippen molar-refractivity contribution in [3.63, 3.8) is 0 Å². The lowest BCUT2D eigenvalue weighted by Crippen LogP contribution is -1.92. The molecule has 23 heavy (non-hydrogen) atoms. The Labute approximate surface area is 140 Å².